The van der Waals surface area contributed by atoms with Crippen molar-refractivity contribution in [2.75, 3.05) is 27.2 Å². The van der Waals surface area contributed by atoms with Gasteiger partial charge in [-0.1, -0.05) is 0 Å². The number of nitrogens with one attached hydrogen (secondary N) is 1. The molecule has 0 unspecified atom stereocenters. The van der Waals surface area contributed by atoms with E-state index in [2.05, 4.69) is 4.72 Å². The van der Waals surface area contributed by atoms with Crippen molar-refractivity contribution >= 4 is 10.0 Å². The lowest BCUT2D eigenvalue weighted by Gasteiger charge is -2.12. The number of hydrogen-bond donors (Lipinski definition) is 2. The van der Waals surface area contributed by atoms with Gasteiger partial charge in [-0.05, 0) is 58.1 Å². The molecular weight excluding hydrogens is 295 g/mol. The van der Waals surface area contributed by atoms with E-state index >= 15 is 0 Å². The number of sulfonamides is 1. The van der Waals surface area contributed by atoms with Crippen LogP contribution in [0.25, 0.3) is 0 Å². The van der Waals surface area contributed by atoms with E-state index in [-0.39, 0.29) is 16.0 Å². The first-order chi connectivity index (χ1) is 9.77. The second-order valence-corrected chi connectivity index (χ2v) is 7.00. The molecule has 0 radical (unpaired) electrons. The summed E-state index contributed by atoms with van der Waals surface area (Å²) in [7, 11) is 0.149. The normalized spacial score (nSPS) is 12.1. The van der Waals surface area contributed by atoms with Crippen molar-refractivity contribution in [3.05, 3.63) is 29.1 Å². The van der Waals surface area contributed by atoms with Gasteiger partial charge in [-0.15, -0.1) is 0 Å². The average molecular weight is 318 g/mol. The van der Waals surface area contributed by atoms with Gasteiger partial charge in [0.05, 0.1) is 11.5 Å². The van der Waals surface area contributed by atoms with Crippen LogP contribution in [0, 0.1) is 12.7 Å². The van der Waals surface area contributed by atoms with E-state index < -0.39 is 22.4 Å². The number of halogens is 1. The van der Waals surface area contributed by atoms with Gasteiger partial charge in [-0.25, -0.2) is 17.5 Å². The molecule has 0 aliphatic heterocycles. The molecule has 7 heteroatoms. The van der Waals surface area contributed by atoms with Gasteiger partial charge in [0.1, 0.15) is 5.82 Å². The first kappa shape index (κ1) is 18.0. The number of hydrogen-bond acceptors (Lipinski definition) is 4. The van der Waals surface area contributed by atoms with Gasteiger partial charge in [0.2, 0.25) is 10.0 Å². The topological polar surface area (TPSA) is 69.6 Å². The lowest BCUT2D eigenvalue weighted by atomic mass is 10.1. The summed E-state index contributed by atoms with van der Waals surface area (Å²) in [5, 5.41) is 9.05. The Hall–Kier alpha value is -1.02. The van der Waals surface area contributed by atoms with Crippen molar-refractivity contribution in [1.29, 1.82) is 0 Å². The molecule has 1 aromatic carbocycles. The number of aliphatic hydroxyl groups is 1. The maximum Gasteiger partial charge on any atom is 0.240 e. The van der Waals surface area contributed by atoms with Crippen LogP contribution in [0.4, 0.5) is 4.39 Å². The summed E-state index contributed by atoms with van der Waals surface area (Å²) >= 11 is 0. The zero-order chi connectivity index (χ0) is 16.0. The van der Waals surface area contributed by atoms with Crippen LogP contribution >= 0.6 is 0 Å². The average Bonchev–Trinajstić information content (AvgIpc) is 2.40. The van der Waals surface area contributed by atoms with Crippen molar-refractivity contribution in [2.24, 2.45) is 0 Å². The molecule has 1 aromatic rings. The number of benzene rings is 1. The van der Waals surface area contributed by atoms with Gasteiger partial charge in [-0.2, -0.15) is 0 Å². The highest BCUT2D eigenvalue weighted by Gasteiger charge is 2.19. The quantitative estimate of drug-likeness (QED) is 0.708. The predicted octanol–water partition coefficient (Wildman–Crippen LogP) is 1.25. The minimum atomic E-state index is -3.76. The highest BCUT2D eigenvalue weighted by molar-refractivity contribution is 7.89. The standard InChI is InChI=1S/C14H23FN2O3S/c1-11-13(15)8-12(10-18)9-14(11)21(19,20)16-6-4-5-7-17(2)3/h8-9,16,18H,4-7,10H2,1-3H3. The van der Waals surface area contributed by atoms with Crippen LogP contribution in [-0.2, 0) is 16.6 Å². The van der Waals surface area contributed by atoms with Crippen LogP contribution in [0.1, 0.15) is 24.0 Å². The fourth-order valence-electron chi connectivity index (χ4n) is 1.91. The van der Waals surface area contributed by atoms with Crippen LogP contribution in [0.2, 0.25) is 0 Å². The molecule has 0 aliphatic rings. The predicted molar refractivity (Wildman–Crippen MR) is 80.0 cm³/mol. The summed E-state index contributed by atoms with van der Waals surface area (Å²) < 4.78 is 40.6. The van der Waals surface area contributed by atoms with Crippen molar-refractivity contribution in [2.45, 2.75) is 31.3 Å². The summed E-state index contributed by atoms with van der Waals surface area (Å²) in [6, 6.07) is 2.45. The fourth-order valence-corrected chi connectivity index (χ4v) is 3.29. The van der Waals surface area contributed by atoms with Gasteiger partial charge in [0.25, 0.3) is 0 Å². The van der Waals surface area contributed by atoms with Crippen molar-refractivity contribution in [3.8, 4) is 0 Å². The molecule has 0 amide bonds. The molecule has 5 nitrogen and oxygen atoms in total. The van der Waals surface area contributed by atoms with Crippen molar-refractivity contribution in [3.63, 3.8) is 0 Å². The monoisotopic (exact) mass is 318 g/mol. The van der Waals surface area contributed by atoms with Crippen LogP contribution in [0.5, 0.6) is 0 Å². The first-order valence-corrected chi connectivity index (χ1v) is 8.30. The summed E-state index contributed by atoms with van der Waals surface area (Å²) in [6.07, 6.45) is 1.58. The van der Waals surface area contributed by atoms with Gasteiger partial charge in [0, 0.05) is 12.1 Å². The van der Waals surface area contributed by atoms with Crippen LogP contribution < -0.4 is 4.72 Å². The van der Waals surface area contributed by atoms with Crippen molar-refractivity contribution in [1.82, 2.24) is 9.62 Å². The largest absolute Gasteiger partial charge is 0.392 e. The van der Waals surface area contributed by atoms with E-state index in [0.29, 0.717) is 13.0 Å². The molecule has 0 heterocycles. The third-order valence-electron chi connectivity index (χ3n) is 3.15. The Labute approximate surface area is 125 Å². The second kappa shape index (κ2) is 7.84. The van der Waals surface area contributed by atoms with E-state index in [4.69, 9.17) is 5.11 Å². The summed E-state index contributed by atoms with van der Waals surface area (Å²) in [6.45, 7) is 2.20. The molecule has 0 aromatic heterocycles. The van der Waals surface area contributed by atoms with Crippen LogP contribution in [0.3, 0.4) is 0 Å². The molecule has 1 rings (SSSR count). The molecule has 120 valence electrons. The molecule has 0 saturated carbocycles. The molecule has 0 bridgehead atoms. The molecular formula is C14H23FN2O3S. The first-order valence-electron chi connectivity index (χ1n) is 6.82. The maximum absolute atomic E-state index is 13.7. The SMILES string of the molecule is Cc1c(F)cc(CO)cc1S(=O)(=O)NCCCCN(C)C. The molecule has 2 N–H and O–H groups in total. The van der Waals surface area contributed by atoms with Crippen molar-refractivity contribution < 1.29 is 17.9 Å². The Morgan fingerprint density at radius 3 is 2.52 bits per heavy atom. The van der Waals surface area contributed by atoms with E-state index in [1.54, 1.807) is 0 Å². The minimum absolute atomic E-state index is 0.0630. The van der Waals surface area contributed by atoms with Gasteiger partial charge in [0.15, 0.2) is 0 Å². The Morgan fingerprint density at radius 1 is 1.29 bits per heavy atom. The van der Waals surface area contributed by atoms with E-state index in [1.807, 2.05) is 19.0 Å². The van der Waals surface area contributed by atoms with Crippen LogP contribution in [0.15, 0.2) is 17.0 Å². The van der Waals surface area contributed by atoms with Gasteiger partial charge >= 0.3 is 0 Å². The Balaban J connectivity index is 2.76. The summed E-state index contributed by atoms with van der Waals surface area (Å²) in [5.41, 5.74) is 0.305. The number of nitrogens with zero attached hydrogens (tertiary/aromatic N) is 1. The van der Waals surface area contributed by atoms with Gasteiger partial charge < -0.3 is 10.0 Å². The number of aliphatic hydroxyl groups excluding tert-OH is 1. The maximum atomic E-state index is 13.7. The van der Waals surface area contributed by atoms with Crippen LogP contribution in [-0.4, -0.2) is 45.6 Å². The summed E-state index contributed by atoms with van der Waals surface area (Å²) in [5.74, 6) is -0.630. The highest BCUT2D eigenvalue weighted by Crippen LogP contribution is 2.20. The number of rotatable bonds is 8. The molecule has 21 heavy (non-hydrogen) atoms. The third kappa shape index (κ3) is 5.35. The molecule has 0 spiro atoms. The zero-order valence-corrected chi connectivity index (χ0v) is 13.5. The second-order valence-electron chi connectivity index (χ2n) is 5.27. The highest BCUT2D eigenvalue weighted by atomic mass is 32.2. The molecule has 0 aliphatic carbocycles. The fraction of sp³-hybridized carbons (Fsp3) is 0.571. The molecule has 0 saturated heterocycles. The van der Waals surface area contributed by atoms with E-state index in [9.17, 15) is 12.8 Å². The Bertz CT molecular complexity index is 574. The third-order valence-corrected chi connectivity index (χ3v) is 4.74. The lowest BCUT2D eigenvalue weighted by Crippen LogP contribution is -2.26. The van der Waals surface area contributed by atoms with Gasteiger partial charge in [-0.3, -0.25) is 0 Å². The van der Waals surface area contributed by atoms with E-state index in [1.165, 1.54) is 13.0 Å². The zero-order valence-electron chi connectivity index (χ0n) is 12.7. The summed E-state index contributed by atoms with van der Waals surface area (Å²) in [4.78, 5) is 1.91. The Kier molecular flexibility index (Phi) is 6.73. The molecule has 0 atom stereocenters. The lowest BCUT2D eigenvalue weighted by molar-refractivity contribution is 0.281. The Morgan fingerprint density at radius 2 is 1.95 bits per heavy atom. The number of unbranched alkanes of at least 4 members (excludes halogenated alkanes) is 1. The smallest absolute Gasteiger partial charge is 0.240 e. The molecule has 0 fully saturated rings. The minimum Gasteiger partial charge on any atom is -0.392 e. The van der Waals surface area contributed by atoms with E-state index in [0.717, 1.165) is 19.0 Å².